The number of halogens is 1. The highest BCUT2D eigenvalue weighted by molar-refractivity contribution is 5.79. The van der Waals surface area contributed by atoms with Crippen LogP contribution in [0.15, 0.2) is 18.2 Å². The quantitative estimate of drug-likeness (QED) is 0.903. The van der Waals surface area contributed by atoms with E-state index in [1.54, 1.807) is 17.0 Å². The molecule has 1 N–H and O–H groups in total. The number of benzene rings is 1. The topological polar surface area (TPSA) is 41.6 Å². The number of carbonyl (C=O) groups is 1. The zero-order valence-electron chi connectivity index (χ0n) is 12.9. The van der Waals surface area contributed by atoms with Gasteiger partial charge in [0.1, 0.15) is 0 Å². The van der Waals surface area contributed by atoms with Crippen molar-refractivity contribution in [3.63, 3.8) is 0 Å². The summed E-state index contributed by atoms with van der Waals surface area (Å²) in [7, 11) is 1.44. The number of nitrogens with one attached hydrogen (secondary N) is 1. The first-order valence-electron chi connectivity index (χ1n) is 7.38. The van der Waals surface area contributed by atoms with Crippen LogP contribution in [-0.4, -0.2) is 37.6 Å². The largest absolute Gasteiger partial charge is 0.494 e. The molecule has 0 spiro atoms. The van der Waals surface area contributed by atoms with Crippen LogP contribution in [0.3, 0.4) is 0 Å². The fraction of sp³-hybridized carbons (Fsp3) is 0.562. The van der Waals surface area contributed by atoms with Crippen molar-refractivity contribution in [2.45, 2.75) is 20.4 Å². The highest BCUT2D eigenvalue weighted by atomic mass is 19.1. The number of rotatable bonds is 5. The molecule has 2 unspecified atom stereocenters. The van der Waals surface area contributed by atoms with Crippen LogP contribution in [0.5, 0.6) is 5.75 Å². The molecule has 21 heavy (non-hydrogen) atoms. The Kier molecular flexibility index (Phi) is 5.17. The number of hydrogen-bond acceptors (Lipinski definition) is 3. The Bertz CT molecular complexity index is 507. The van der Waals surface area contributed by atoms with Gasteiger partial charge in [-0.25, -0.2) is 4.39 Å². The van der Waals surface area contributed by atoms with Gasteiger partial charge >= 0.3 is 0 Å². The lowest BCUT2D eigenvalue weighted by molar-refractivity contribution is -0.136. The van der Waals surface area contributed by atoms with E-state index < -0.39 is 5.82 Å². The van der Waals surface area contributed by atoms with Crippen LogP contribution in [0.2, 0.25) is 0 Å². The van der Waals surface area contributed by atoms with Crippen molar-refractivity contribution in [1.29, 1.82) is 0 Å². The maximum absolute atomic E-state index is 13.7. The van der Waals surface area contributed by atoms with E-state index in [0.717, 1.165) is 18.7 Å². The second-order valence-electron chi connectivity index (χ2n) is 5.56. The molecular weight excluding hydrogens is 271 g/mol. The number of hydrogen-bond donors (Lipinski definition) is 1. The SMILES string of the molecule is CCN(Cc1ccc(OC)c(F)c1)C(=O)C1CNCC1C. The average Bonchev–Trinajstić information content (AvgIpc) is 2.90. The van der Waals surface area contributed by atoms with Crippen molar-refractivity contribution < 1.29 is 13.9 Å². The Morgan fingerprint density at radius 3 is 2.76 bits per heavy atom. The molecule has 0 saturated carbocycles. The smallest absolute Gasteiger partial charge is 0.227 e. The summed E-state index contributed by atoms with van der Waals surface area (Å²) in [5, 5.41) is 3.25. The molecule has 4 nitrogen and oxygen atoms in total. The van der Waals surface area contributed by atoms with Crippen molar-refractivity contribution in [2.75, 3.05) is 26.7 Å². The first kappa shape index (κ1) is 15.8. The van der Waals surface area contributed by atoms with Crippen molar-refractivity contribution in [2.24, 2.45) is 11.8 Å². The molecule has 1 heterocycles. The van der Waals surface area contributed by atoms with Gasteiger partial charge in [-0.2, -0.15) is 0 Å². The molecule has 1 aromatic rings. The normalized spacial score (nSPS) is 21.3. The fourth-order valence-corrected chi connectivity index (χ4v) is 2.75. The number of ether oxygens (including phenoxy) is 1. The second-order valence-corrected chi connectivity index (χ2v) is 5.56. The van der Waals surface area contributed by atoms with Crippen LogP contribution in [0.25, 0.3) is 0 Å². The molecule has 1 fully saturated rings. The maximum Gasteiger partial charge on any atom is 0.227 e. The van der Waals surface area contributed by atoms with Crippen LogP contribution in [-0.2, 0) is 11.3 Å². The summed E-state index contributed by atoms with van der Waals surface area (Å²) in [6.45, 7) is 6.70. The average molecular weight is 294 g/mol. The molecule has 116 valence electrons. The van der Waals surface area contributed by atoms with E-state index in [1.807, 2.05) is 6.92 Å². The van der Waals surface area contributed by atoms with Gasteiger partial charge in [0.25, 0.3) is 0 Å². The van der Waals surface area contributed by atoms with Gasteiger partial charge in [-0.3, -0.25) is 4.79 Å². The molecule has 2 atom stereocenters. The number of carbonyl (C=O) groups excluding carboxylic acids is 1. The lowest BCUT2D eigenvalue weighted by atomic mass is 9.96. The zero-order chi connectivity index (χ0) is 15.4. The van der Waals surface area contributed by atoms with Crippen molar-refractivity contribution in [3.05, 3.63) is 29.6 Å². The Hall–Kier alpha value is -1.62. The molecule has 1 saturated heterocycles. The molecule has 1 aliphatic rings. The monoisotopic (exact) mass is 294 g/mol. The predicted octanol–water partition coefficient (Wildman–Crippen LogP) is 2.04. The van der Waals surface area contributed by atoms with E-state index in [-0.39, 0.29) is 17.6 Å². The lowest BCUT2D eigenvalue weighted by Gasteiger charge is -2.26. The summed E-state index contributed by atoms with van der Waals surface area (Å²) >= 11 is 0. The summed E-state index contributed by atoms with van der Waals surface area (Å²) in [6, 6.07) is 4.84. The minimum absolute atomic E-state index is 0.0213. The van der Waals surface area contributed by atoms with Crippen LogP contribution in [0.4, 0.5) is 4.39 Å². The molecule has 1 amide bonds. The zero-order valence-corrected chi connectivity index (χ0v) is 12.9. The minimum Gasteiger partial charge on any atom is -0.494 e. The molecule has 0 aliphatic carbocycles. The van der Waals surface area contributed by atoms with Gasteiger partial charge in [0.15, 0.2) is 11.6 Å². The molecule has 0 bridgehead atoms. The first-order chi connectivity index (χ1) is 10.1. The van der Waals surface area contributed by atoms with Gasteiger partial charge in [-0.15, -0.1) is 0 Å². The Balaban J connectivity index is 2.08. The summed E-state index contributed by atoms with van der Waals surface area (Å²) < 4.78 is 18.6. The molecule has 2 rings (SSSR count). The Morgan fingerprint density at radius 2 is 2.24 bits per heavy atom. The molecule has 0 radical (unpaired) electrons. The van der Waals surface area contributed by atoms with E-state index in [2.05, 4.69) is 12.2 Å². The second kappa shape index (κ2) is 6.89. The van der Waals surface area contributed by atoms with Crippen LogP contribution < -0.4 is 10.1 Å². The van der Waals surface area contributed by atoms with Crippen molar-refractivity contribution in [3.8, 4) is 5.75 Å². The third kappa shape index (κ3) is 3.53. The van der Waals surface area contributed by atoms with Crippen LogP contribution in [0.1, 0.15) is 19.4 Å². The van der Waals surface area contributed by atoms with Gasteiger partial charge in [-0.05, 0) is 37.1 Å². The summed E-state index contributed by atoms with van der Waals surface area (Å²) in [5.41, 5.74) is 0.780. The van der Waals surface area contributed by atoms with Gasteiger partial charge in [0.2, 0.25) is 5.91 Å². The van der Waals surface area contributed by atoms with E-state index in [9.17, 15) is 9.18 Å². The molecule has 1 aliphatic heterocycles. The molecule has 5 heteroatoms. The highest BCUT2D eigenvalue weighted by Gasteiger charge is 2.32. The van der Waals surface area contributed by atoms with E-state index in [4.69, 9.17) is 4.74 Å². The van der Waals surface area contributed by atoms with Crippen LogP contribution >= 0.6 is 0 Å². The summed E-state index contributed by atoms with van der Waals surface area (Å²) in [6.07, 6.45) is 0. The van der Waals surface area contributed by atoms with Gasteiger partial charge < -0.3 is 15.0 Å². The van der Waals surface area contributed by atoms with Gasteiger partial charge in [0.05, 0.1) is 13.0 Å². The minimum atomic E-state index is -0.394. The molecule has 0 aromatic heterocycles. The van der Waals surface area contributed by atoms with Gasteiger partial charge in [-0.1, -0.05) is 13.0 Å². The summed E-state index contributed by atoms with van der Waals surface area (Å²) in [5.74, 6) is 0.342. The third-order valence-electron chi connectivity index (χ3n) is 4.12. The van der Waals surface area contributed by atoms with E-state index >= 15 is 0 Å². The standard InChI is InChI=1S/C16H23FN2O2/c1-4-19(16(20)13-9-18-8-11(13)2)10-12-5-6-15(21-3)14(17)7-12/h5-7,11,13,18H,4,8-10H2,1-3H3. The number of nitrogens with zero attached hydrogens (tertiary/aromatic N) is 1. The van der Waals surface area contributed by atoms with Gasteiger partial charge in [0, 0.05) is 19.6 Å². The predicted molar refractivity (Wildman–Crippen MR) is 79.6 cm³/mol. The van der Waals surface area contributed by atoms with Crippen LogP contribution in [0, 0.1) is 17.7 Å². The number of amides is 1. The van der Waals surface area contributed by atoms with E-state index in [0.29, 0.717) is 19.0 Å². The maximum atomic E-state index is 13.7. The number of methoxy groups -OCH3 is 1. The first-order valence-corrected chi connectivity index (χ1v) is 7.38. The fourth-order valence-electron chi connectivity index (χ4n) is 2.75. The van der Waals surface area contributed by atoms with Crippen molar-refractivity contribution >= 4 is 5.91 Å². The Labute approximate surface area is 125 Å². The summed E-state index contributed by atoms with van der Waals surface area (Å²) in [4.78, 5) is 14.4. The van der Waals surface area contributed by atoms with E-state index in [1.165, 1.54) is 13.2 Å². The lowest BCUT2D eigenvalue weighted by Crippen LogP contribution is -2.38. The van der Waals surface area contributed by atoms with Crippen molar-refractivity contribution in [1.82, 2.24) is 10.2 Å². The third-order valence-corrected chi connectivity index (χ3v) is 4.12. The highest BCUT2D eigenvalue weighted by Crippen LogP contribution is 2.22. The Morgan fingerprint density at radius 1 is 1.48 bits per heavy atom. The molecular formula is C16H23FN2O2. The molecule has 1 aromatic carbocycles.